The van der Waals surface area contributed by atoms with Crippen molar-refractivity contribution < 1.29 is 19.1 Å². The highest BCUT2D eigenvalue weighted by Gasteiger charge is 2.03. The van der Waals surface area contributed by atoms with E-state index in [9.17, 15) is 0 Å². The molecule has 0 saturated carbocycles. The first-order valence-electron chi connectivity index (χ1n) is 3.85. The monoisotopic (exact) mass is 123 g/mol. The molecule has 3 nitrogen and oxygen atoms in total. The van der Waals surface area contributed by atoms with Gasteiger partial charge in [-0.05, 0) is 6.92 Å². The SMILES string of the molecule is [2H]C([2H])([2H])OC(O)C[C@@H](C)O. The number of methoxy groups -OCH3 is 1. The Morgan fingerprint density at radius 3 is 2.75 bits per heavy atom. The Labute approximate surface area is 53.1 Å². The van der Waals surface area contributed by atoms with E-state index in [4.69, 9.17) is 14.3 Å². The van der Waals surface area contributed by atoms with Gasteiger partial charge in [0.15, 0.2) is 6.29 Å². The molecule has 0 aliphatic heterocycles. The molecule has 0 aromatic rings. The molecule has 0 rings (SSSR count). The fourth-order valence-electron chi connectivity index (χ4n) is 0.340. The lowest BCUT2D eigenvalue weighted by atomic mass is 10.3. The van der Waals surface area contributed by atoms with Crippen LogP contribution in [0, 0.1) is 0 Å². The van der Waals surface area contributed by atoms with Gasteiger partial charge in [0, 0.05) is 13.5 Å². The quantitative estimate of drug-likeness (QED) is 0.507. The second kappa shape index (κ2) is 3.83. The molecule has 0 radical (unpaired) electrons. The molecular formula is C5H12O3. The summed E-state index contributed by atoms with van der Waals surface area (Å²) in [7, 11) is -2.60. The van der Waals surface area contributed by atoms with Crippen molar-refractivity contribution in [3.8, 4) is 0 Å². The molecular weight excluding hydrogens is 108 g/mol. The van der Waals surface area contributed by atoms with Gasteiger partial charge >= 0.3 is 0 Å². The van der Waals surface area contributed by atoms with Crippen LogP contribution in [0.15, 0.2) is 0 Å². The van der Waals surface area contributed by atoms with Crippen LogP contribution in [0.2, 0.25) is 0 Å². The van der Waals surface area contributed by atoms with E-state index in [-0.39, 0.29) is 6.42 Å². The molecule has 0 saturated heterocycles. The summed E-state index contributed by atoms with van der Waals surface area (Å²) in [6, 6.07) is 0. The standard InChI is InChI=1S/C5H12O3/c1-4(6)3-5(7)8-2/h4-7H,3H2,1-2H3/t4-,5?/m1/s1/i2D3. The number of aliphatic hydroxyl groups excluding tert-OH is 2. The van der Waals surface area contributed by atoms with Crippen molar-refractivity contribution in [3.63, 3.8) is 0 Å². The maximum atomic E-state index is 8.81. The molecule has 0 amide bonds. The minimum absolute atomic E-state index is 0.0988. The molecule has 8 heavy (non-hydrogen) atoms. The summed E-state index contributed by atoms with van der Waals surface area (Å²) in [6.45, 7) is 1.44. The minimum Gasteiger partial charge on any atom is -0.393 e. The Morgan fingerprint density at radius 1 is 1.75 bits per heavy atom. The van der Waals surface area contributed by atoms with E-state index in [2.05, 4.69) is 4.74 Å². The first-order chi connectivity index (χ1) is 4.81. The molecule has 2 N–H and O–H groups in total. The fraction of sp³-hybridized carbons (Fsp3) is 1.00. The van der Waals surface area contributed by atoms with Crippen LogP contribution in [0.25, 0.3) is 0 Å². The second-order valence-corrected chi connectivity index (χ2v) is 1.66. The van der Waals surface area contributed by atoms with Crippen LogP contribution in [0.5, 0.6) is 0 Å². The molecule has 1 unspecified atom stereocenters. The largest absolute Gasteiger partial charge is 0.393 e. The Hall–Kier alpha value is -0.120. The lowest BCUT2D eigenvalue weighted by Crippen LogP contribution is -2.16. The molecule has 0 aliphatic carbocycles. The van der Waals surface area contributed by atoms with Crippen molar-refractivity contribution in [2.24, 2.45) is 0 Å². The van der Waals surface area contributed by atoms with Crippen LogP contribution in [-0.4, -0.2) is 29.6 Å². The normalized spacial score (nSPS) is 25.1. The van der Waals surface area contributed by atoms with Gasteiger partial charge in [0.05, 0.1) is 10.2 Å². The van der Waals surface area contributed by atoms with Gasteiger partial charge in [-0.2, -0.15) is 0 Å². The van der Waals surface area contributed by atoms with Crippen LogP contribution < -0.4 is 0 Å². The average molecular weight is 123 g/mol. The lowest BCUT2D eigenvalue weighted by Gasteiger charge is -2.08. The Kier molecular flexibility index (Phi) is 1.83. The minimum atomic E-state index is -2.60. The van der Waals surface area contributed by atoms with Crippen LogP contribution in [0.4, 0.5) is 0 Å². The second-order valence-electron chi connectivity index (χ2n) is 1.66. The maximum Gasteiger partial charge on any atom is 0.156 e. The summed E-state index contributed by atoms with van der Waals surface area (Å²) in [4.78, 5) is 0. The average Bonchev–Trinajstić information content (AvgIpc) is 1.53. The summed E-state index contributed by atoms with van der Waals surface area (Å²) in [5.41, 5.74) is 0. The predicted octanol–water partition coefficient (Wildman–Crippen LogP) is -0.278. The number of ether oxygens (including phenoxy) is 1. The zero-order chi connectivity index (χ0) is 9.07. The highest BCUT2D eigenvalue weighted by molar-refractivity contribution is 4.47. The zero-order valence-corrected chi connectivity index (χ0v) is 4.66. The highest BCUT2D eigenvalue weighted by atomic mass is 16.6. The van der Waals surface area contributed by atoms with E-state index in [1.54, 1.807) is 0 Å². The van der Waals surface area contributed by atoms with Gasteiger partial charge in [0.25, 0.3) is 0 Å². The van der Waals surface area contributed by atoms with Crippen LogP contribution >= 0.6 is 0 Å². The van der Waals surface area contributed by atoms with Gasteiger partial charge in [0.2, 0.25) is 0 Å². The fourth-order valence-corrected chi connectivity index (χ4v) is 0.340. The Balaban J connectivity index is 3.61. The summed E-state index contributed by atoms with van der Waals surface area (Å²) in [5, 5.41) is 17.5. The molecule has 50 valence electrons. The number of hydrogen-bond donors (Lipinski definition) is 2. The van der Waals surface area contributed by atoms with Crippen molar-refractivity contribution in [2.45, 2.75) is 25.7 Å². The van der Waals surface area contributed by atoms with E-state index < -0.39 is 19.4 Å². The van der Waals surface area contributed by atoms with E-state index in [1.165, 1.54) is 6.92 Å². The van der Waals surface area contributed by atoms with E-state index in [0.29, 0.717) is 0 Å². The number of hydrogen-bond acceptors (Lipinski definition) is 3. The van der Waals surface area contributed by atoms with Gasteiger partial charge in [-0.3, -0.25) is 0 Å². The molecule has 0 spiro atoms. The van der Waals surface area contributed by atoms with Crippen LogP contribution in [0.3, 0.4) is 0 Å². The summed E-state index contributed by atoms with van der Waals surface area (Å²) in [6.07, 6.45) is -2.30. The first-order valence-corrected chi connectivity index (χ1v) is 2.35. The molecule has 0 fully saturated rings. The smallest absolute Gasteiger partial charge is 0.156 e. The third kappa shape index (κ3) is 4.05. The van der Waals surface area contributed by atoms with Crippen molar-refractivity contribution in [1.29, 1.82) is 0 Å². The molecule has 0 bridgehead atoms. The third-order valence-electron chi connectivity index (χ3n) is 0.679. The zero-order valence-electron chi connectivity index (χ0n) is 7.66. The number of rotatable bonds is 3. The number of aliphatic hydroxyl groups is 2. The highest BCUT2D eigenvalue weighted by Crippen LogP contribution is 1.95. The van der Waals surface area contributed by atoms with E-state index in [1.807, 2.05) is 0 Å². The Bertz CT molecular complexity index is 112. The van der Waals surface area contributed by atoms with Crippen molar-refractivity contribution in [3.05, 3.63) is 0 Å². The van der Waals surface area contributed by atoms with Gasteiger partial charge in [-0.1, -0.05) is 0 Å². The van der Waals surface area contributed by atoms with Gasteiger partial charge < -0.3 is 14.9 Å². The molecule has 2 atom stereocenters. The van der Waals surface area contributed by atoms with Crippen molar-refractivity contribution in [2.75, 3.05) is 7.04 Å². The van der Waals surface area contributed by atoms with Crippen molar-refractivity contribution >= 4 is 0 Å². The molecule has 3 heteroatoms. The van der Waals surface area contributed by atoms with Gasteiger partial charge in [-0.15, -0.1) is 0 Å². The molecule has 0 aromatic heterocycles. The summed E-state index contributed by atoms with van der Waals surface area (Å²) < 4.78 is 23.9. The molecule has 0 aromatic carbocycles. The third-order valence-corrected chi connectivity index (χ3v) is 0.679. The van der Waals surface area contributed by atoms with Crippen molar-refractivity contribution in [1.82, 2.24) is 0 Å². The van der Waals surface area contributed by atoms with Gasteiger partial charge in [0.1, 0.15) is 0 Å². The van der Waals surface area contributed by atoms with E-state index >= 15 is 0 Å². The van der Waals surface area contributed by atoms with Gasteiger partial charge in [-0.25, -0.2) is 0 Å². The molecule has 0 heterocycles. The maximum absolute atomic E-state index is 8.81. The van der Waals surface area contributed by atoms with Crippen LogP contribution in [0.1, 0.15) is 17.5 Å². The van der Waals surface area contributed by atoms with Crippen LogP contribution in [-0.2, 0) is 4.74 Å². The molecule has 0 aliphatic rings. The summed E-state index contributed by atoms with van der Waals surface area (Å²) >= 11 is 0. The predicted molar refractivity (Wildman–Crippen MR) is 29.3 cm³/mol. The lowest BCUT2D eigenvalue weighted by molar-refractivity contribution is -0.0953. The Morgan fingerprint density at radius 2 is 2.38 bits per heavy atom. The topological polar surface area (TPSA) is 49.7 Å². The summed E-state index contributed by atoms with van der Waals surface area (Å²) in [5.74, 6) is 0. The first kappa shape index (κ1) is 3.82. The van der Waals surface area contributed by atoms with E-state index in [0.717, 1.165) is 0 Å².